The third-order valence-corrected chi connectivity index (χ3v) is 3.77. The van der Waals surface area contributed by atoms with Crippen LogP contribution >= 0.6 is 0 Å². The summed E-state index contributed by atoms with van der Waals surface area (Å²) >= 11 is 0. The monoisotopic (exact) mass is 351 g/mol. The Morgan fingerprint density at radius 2 is 2.00 bits per heavy atom. The van der Waals surface area contributed by atoms with Crippen LogP contribution < -0.4 is 0 Å². The van der Waals surface area contributed by atoms with Crippen molar-refractivity contribution in [2.75, 3.05) is 6.54 Å². The van der Waals surface area contributed by atoms with Gasteiger partial charge >= 0.3 is 6.18 Å². The highest BCUT2D eigenvalue weighted by Gasteiger charge is 2.29. The van der Waals surface area contributed by atoms with E-state index < -0.39 is 11.7 Å². The largest absolute Gasteiger partial charge is 0.416 e. The molecule has 0 aliphatic heterocycles. The van der Waals surface area contributed by atoms with Crippen molar-refractivity contribution in [3.63, 3.8) is 0 Å². The summed E-state index contributed by atoms with van der Waals surface area (Å²) in [6, 6.07) is 5.03. The van der Waals surface area contributed by atoms with Gasteiger partial charge in [-0.2, -0.15) is 13.2 Å². The molecule has 0 aliphatic rings. The first-order valence-electron chi connectivity index (χ1n) is 7.90. The quantitative estimate of drug-likeness (QED) is 0.710. The Bertz CT molecular complexity index is 720. The minimum atomic E-state index is -4.34. The maximum atomic E-state index is 12.6. The van der Waals surface area contributed by atoms with E-state index >= 15 is 0 Å². The molecule has 0 radical (unpaired) electrons. The number of alkyl halides is 3. The molecule has 0 aliphatic carbocycles. The summed E-state index contributed by atoms with van der Waals surface area (Å²) < 4.78 is 39.7. The standard InChI is InChI=1S/C18H20F3N3O/c1-3-10-24(17(25)4-2)13-16-22-9-11-23(16)12-14-5-7-15(8-6-14)18(19,20)21/h3,5-9,11H,1,4,10,12-13H2,2H3. The summed E-state index contributed by atoms with van der Waals surface area (Å²) in [5, 5.41) is 0. The lowest BCUT2D eigenvalue weighted by Crippen LogP contribution is -2.31. The molecular formula is C18H20F3N3O. The Morgan fingerprint density at radius 3 is 2.56 bits per heavy atom. The number of hydrogen-bond donors (Lipinski definition) is 0. The van der Waals surface area contributed by atoms with Gasteiger partial charge in [0, 0.05) is 31.9 Å². The number of benzene rings is 1. The van der Waals surface area contributed by atoms with Crippen molar-refractivity contribution in [2.45, 2.75) is 32.6 Å². The van der Waals surface area contributed by atoms with Crippen LogP contribution in [0.15, 0.2) is 49.3 Å². The number of carbonyl (C=O) groups excluding carboxylic acids is 1. The first-order valence-corrected chi connectivity index (χ1v) is 7.90. The molecule has 25 heavy (non-hydrogen) atoms. The highest BCUT2D eigenvalue weighted by atomic mass is 19.4. The molecule has 1 heterocycles. The van der Waals surface area contributed by atoms with Crippen LogP contribution in [0.25, 0.3) is 0 Å². The number of aromatic nitrogens is 2. The minimum absolute atomic E-state index is 0.0102. The van der Waals surface area contributed by atoms with Crippen molar-refractivity contribution in [1.29, 1.82) is 0 Å². The smallest absolute Gasteiger partial charge is 0.332 e. The molecule has 0 spiro atoms. The number of amides is 1. The Balaban J connectivity index is 2.13. The number of imidazole rings is 1. The average molecular weight is 351 g/mol. The van der Waals surface area contributed by atoms with Crippen molar-refractivity contribution in [3.8, 4) is 0 Å². The normalized spacial score (nSPS) is 11.4. The molecule has 1 aromatic carbocycles. The van der Waals surface area contributed by atoms with Gasteiger partial charge < -0.3 is 9.47 Å². The zero-order valence-electron chi connectivity index (χ0n) is 14.0. The highest BCUT2D eigenvalue weighted by Crippen LogP contribution is 2.29. The lowest BCUT2D eigenvalue weighted by molar-refractivity contribution is -0.137. The molecule has 0 unspecified atom stereocenters. The van der Waals surface area contributed by atoms with Gasteiger partial charge in [-0.15, -0.1) is 6.58 Å². The fraction of sp³-hybridized carbons (Fsp3) is 0.333. The molecule has 7 heteroatoms. The fourth-order valence-corrected chi connectivity index (χ4v) is 2.44. The van der Waals surface area contributed by atoms with Crippen molar-refractivity contribution in [1.82, 2.24) is 14.5 Å². The molecular weight excluding hydrogens is 331 g/mol. The van der Waals surface area contributed by atoms with E-state index in [0.29, 0.717) is 31.9 Å². The highest BCUT2D eigenvalue weighted by molar-refractivity contribution is 5.75. The van der Waals surface area contributed by atoms with E-state index in [1.54, 1.807) is 30.3 Å². The van der Waals surface area contributed by atoms with Crippen molar-refractivity contribution < 1.29 is 18.0 Å². The second kappa shape index (κ2) is 8.00. The lowest BCUT2D eigenvalue weighted by atomic mass is 10.1. The summed E-state index contributed by atoms with van der Waals surface area (Å²) in [5.74, 6) is 0.660. The summed E-state index contributed by atoms with van der Waals surface area (Å²) in [5.41, 5.74) is 0.0529. The molecule has 0 atom stereocenters. The van der Waals surface area contributed by atoms with E-state index in [0.717, 1.165) is 17.7 Å². The fourth-order valence-electron chi connectivity index (χ4n) is 2.44. The van der Waals surface area contributed by atoms with Crippen molar-refractivity contribution in [3.05, 3.63) is 66.3 Å². The van der Waals surface area contributed by atoms with Gasteiger partial charge in [-0.05, 0) is 17.7 Å². The van der Waals surface area contributed by atoms with Crippen LogP contribution in [-0.4, -0.2) is 26.9 Å². The van der Waals surface area contributed by atoms with Gasteiger partial charge in [0.1, 0.15) is 5.82 Å². The Labute approximate surface area is 144 Å². The molecule has 0 N–H and O–H groups in total. The number of halogens is 3. The topological polar surface area (TPSA) is 38.1 Å². The molecule has 134 valence electrons. The van der Waals surface area contributed by atoms with E-state index in [4.69, 9.17) is 0 Å². The van der Waals surface area contributed by atoms with Crippen LogP contribution in [0.4, 0.5) is 13.2 Å². The number of rotatable bonds is 7. The summed E-state index contributed by atoms with van der Waals surface area (Å²) in [6.07, 6.45) is 1.05. The van der Waals surface area contributed by atoms with Gasteiger partial charge in [-0.3, -0.25) is 4.79 Å². The molecule has 0 bridgehead atoms. The predicted octanol–water partition coefficient (Wildman–Crippen LogP) is 3.87. The van der Waals surface area contributed by atoms with Crippen molar-refractivity contribution >= 4 is 5.91 Å². The van der Waals surface area contributed by atoms with Crippen molar-refractivity contribution in [2.24, 2.45) is 0 Å². The SMILES string of the molecule is C=CCN(Cc1nccn1Cc1ccc(C(F)(F)F)cc1)C(=O)CC. The van der Waals surface area contributed by atoms with Gasteiger partial charge in [-0.1, -0.05) is 25.1 Å². The van der Waals surface area contributed by atoms with Gasteiger partial charge in [0.2, 0.25) is 5.91 Å². The van der Waals surface area contributed by atoms with Gasteiger partial charge in [0.05, 0.1) is 12.1 Å². The third kappa shape index (κ3) is 4.95. The third-order valence-electron chi connectivity index (χ3n) is 3.77. The molecule has 0 fully saturated rings. The van der Waals surface area contributed by atoms with Crippen LogP contribution in [0.5, 0.6) is 0 Å². The van der Waals surface area contributed by atoms with Gasteiger partial charge in [0.15, 0.2) is 0 Å². The second-order valence-electron chi connectivity index (χ2n) is 5.58. The number of nitrogens with zero attached hydrogens (tertiary/aromatic N) is 3. The Morgan fingerprint density at radius 1 is 1.32 bits per heavy atom. The van der Waals surface area contributed by atoms with Gasteiger partial charge in [-0.25, -0.2) is 4.98 Å². The molecule has 2 aromatic rings. The molecule has 0 saturated heterocycles. The maximum Gasteiger partial charge on any atom is 0.416 e. The summed E-state index contributed by atoms with van der Waals surface area (Å²) in [4.78, 5) is 17.9. The Hall–Kier alpha value is -2.57. The zero-order chi connectivity index (χ0) is 18.4. The van der Waals surface area contributed by atoms with E-state index in [9.17, 15) is 18.0 Å². The Kier molecular flexibility index (Phi) is 6.01. The zero-order valence-corrected chi connectivity index (χ0v) is 14.0. The van der Waals surface area contributed by atoms with Crippen LogP contribution in [0, 0.1) is 0 Å². The minimum Gasteiger partial charge on any atom is -0.332 e. The number of carbonyl (C=O) groups is 1. The maximum absolute atomic E-state index is 12.6. The number of hydrogen-bond acceptors (Lipinski definition) is 2. The summed E-state index contributed by atoms with van der Waals surface area (Å²) in [6.45, 7) is 6.56. The molecule has 2 rings (SSSR count). The average Bonchev–Trinajstić information content (AvgIpc) is 3.00. The van der Waals surface area contributed by atoms with E-state index in [-0.39, 0.29) is 5.91 Å². The van der Waals surface area contributed by atoms with Gasteiger partial charge in [0.25, 0.3) is 0 Å². The first kappa shape index (κ1) is 18.8. The van der Waals surface area contributed by atoms with Crippen LogP contribution in [-0.2, 0) is 24.1 Å². The molecule has 1 amide bonds. The second-order valence-corrected chi connectivity index (χ2v) is 5.58. The molecule has 1 aromatic heterocycles. The predicted molar refractivity (Wildman–Crippen MR) is 88.7 cm³/mol. The van der Waals surface area contributed by atoms with E-state index in [1.807, 2.05) is 4.57 Å². The van der Waals surface area contributed by atoms with E-state index in [2.05, 4.69) is 11.6 Å². The summed E-state index contributed by atoms with van der Waals surface area (Å²) in [7, 11) is 0. The lowest BCUT2D eigenvalue weighted by Gasteiger charge is -2.21. The van der Waals surface area contributed by atoms with Crippen LogP contribution in [0.2, 0.25) is 0 Å². The van der Waals surface area contributed by atoms with Crippen LogP contribution in [0.3, 0.4) is 0 Å². The van der Waals surface area contributed by atoms with Crippen LogP contribution in [0.1, 0.15) is 30.3 Å². The van der Waals surface area contributed by atoms with E-state index in [1.165, 1.54) is 12.1 Å². The molecule has 4 nitrogen and oxygen atoms in total. The molecule has 0 saturated carbocycles. The first-order chi connectivity index (χ1) is 11.8.